The molecule has 0 saturated heterocycles. The molecule has 1 aliphatic rings. The zero-order chi connectivity index (χ0) is 10.8. The molecular formula is C11H15NO2S. The number of hydrogen-bond acceptors (Lipinski definition) is 4. The molecule has 0 amide bonds. The minimum Gasteiger partial charge on any atom is -0.496 e. The van der Waals surface area contributed by atoms with E-state index in [1.807, 2.05) is 23.9 Å². The molecule has 1 aromatic rings. The lowest BCUT2D eigenvalue weighted by Gasteiger charge is -2.25. The molecule has 1 aromatic carbocycles. The topological polar surface area (TPSA) is 44.5 Å². The van der Waals surface area contributed by atoms with Gasteiger partial charge in [0.05, 0.1) is 14.2 Å². The zero-order valence-electron chi connectivity index (χ0n) is 8.95. The van der Waals surface area contributed by atoms with Gasteiger partial charge in [-0.25, -0.2) is 0 Å². The molecule has 4 heteroatoms. The molecule has 0 bridgehead atoms. The Kier molecular flexibility index (Phi) is 3.07. The largest absolute Gasteiger partial charge is 0.496 e. The summed E-state index contributed by atoms with van der Waals surface area (Å²) in [4.78, 5) is 0. The summed E-state index contributed by atoms with van der Waals surface area (Å²) in [6, 6.07) is 3.91. The molecule has 15 heavy (non-hydrogen) atoms. The van der Waals surface area contributed by atoms with Gasteiger partial charge in [-0.2, -0.15) is 11.8 Å². The number of hydrogen-bond donors (Lipinski definition) is 1. The van der Waals surface area contributed by atoms with Gasteiger partial charge >= 0.3 is 0 Å². The van der Waals surface area contributed by atoms with Crippen LogP contribution in [0.25, 0.3) is 0 Å². The molecule has 0 fully saturated rings. The minimum absolute atomic E-state index is 0.0452. The smallest absolute Gasteiger partial charge is 0.124 e. The van der Waals surface area contributed by atoms with Gasteiger partial charge in [-0.1, -0.05) is 0 Å². The van der Waals surface area contributed by atoms with Crippen LogP contribution in [0, 0.1) is 0 Å². The van der Waals surface area contributed by atoms with E-state index < -0.39 is 0 Å². The van der Waals surface area contributed by atoms with E-state index in [0.29, 0.717) is 0 Å². The monoisotopic (exact) mass is 225 g/mol. The molecule has 0 spiro atoms. The maximum atomic E-state index is 6.09. The first kappa shape index (κ1) is 10.6. The number of thioether (sulfide) groups is 1. The van der Waals surface area contributed by atoms with E-state index >= 15 is 0 Å². The lowest BCUT2D eigenvalue weighted by molar-refractivity contribution is 0.393. The van der Waals surface area contributed by atoms with Gasteiger partial charge in [-0.15, -0.1) is 0 Å². The summed E-state index contributed by atoms with van der Waals surface area (Å²) in [5, 5.41) is 0. The molecule has 1 atom stereocenters. The number of fused-ring (bicyclic) bond motifs is 1. The van der Waals surface area contributed by atoms with Crippen LogP contribution in [0.2, 0.25) is 0 Å². The van der Waals surface area contributed by atoms with Crippen molar-refractivity contribution in [3.8, 4) is 11.5 Å². The Bertz CT molecular complexity index is 368. The number of nitrogens with two attached hydrogens (primary N) is 1. The summed E-state index contributed by atoms with van der Waals surface area (Å²) in [6.45, 7) is 0. The van der Waals surface area contributed by atoms with Crippen LogP contribution in [-0.4, -0.2) is 20.0 Å². The first-order valence-electron chi connectivity index (χ1n) is 4.85. The van der Waals surface area contributed by atoms with Crippen molar-refractivity contribution >= 4 is 11.8 Å². The third-order valence-electron chi connectivity index (χ3n) is 2.63. The summed E-state index contributed by atoms with van der Waals surface area (Å²) >= 11 is 1.83. The third kappa shape index (κ3) is 1.79. The van der Waals surface area contributed by atoms with E-state index in [-0.39, 0.29) is 6.04 Å². The second-order valence-electron chi connectivity index (χ2n) is 3.48. The first-order chi connectivity index (χ1) is 7.27. The fourth-order valence-electron chi connectivity index (χ4n) is 1.92. The Hall–Kier alpha value is -0.870. The Labute approximate surface area is 93.9 Å². The minimum atomic E-state index is 0.0452. The number of rotatable bonds is 2. The van der Waals surface area contributed by atoms with Crippen molar-refractivity contribution in [3.63, 3.8) is 0 Å². The molecule has 2 N–H and O–H groups in total. The summed E-state index contributed by atoms with van der Waals surface area (Å²) in [7, 11) is 3.36. The Morgan fingerprint density at radius 3 is 2.60 bits per heavy atom. The van der Waals surface area contributed by atoms with Crippen LogP contribution in [-0.2, 0) is 5.75 Å². The lowest BCUT2D eigenvalue weighted by atomic mass is 10.00. The van der Waals surface area contributed by atoms with E-state index in [0.717, 1.165) is 28.6 Å². The summed E-state index contributed by atoms with van der Waals surface area (Å²) in [6.07, 6.45) is 0. The summed E-state index contributed by atoms with van der Waals surface area (Å²) < 4.78 is 10.7. The van der Waals surface area contributed by atoms with Crippen LogP contribution in [0.3, 0.4) is 0 Å². The van der Waals surface area contributed by atoms with Crippen molar-refractivity contribution in [2.45, 2.75) is 11.8 Å². The van der Waals surface area contributed by atoms with E-state index in [4.69, 9.17) is 15.2 Å². The van der Waals surface area contributed by atoms with Crippen LogP contribution in [0.5, 0.6) is 11.5 Å². The average molecular weight is 225 g/mol. The number of methoxy groups -OCH3 is 2. The molecule has 3 nitrogen and oxygen atoms in total. The van der Waals surface area contributed by atoms with Crippen molar-refractivity contribution < 1.29 is 9.47 Å². The SMILES string of the molecule is COc1ccc(OC)c2c1CSC[C@@H]2N. The van der Waals surface area contributed by atoms with Crippen LogP contribution in [0.15, 0.2) is 12.1 Å². The van der Waals surface area contributed by atoms with Gasteiger partial charge in [0.15, 0.2) is 0 Å². The van der Waals surface area contributed by atoms with Crippen LogP contribution in [0.1, 0.15) is 17.2 Å². The lowest BCUT2D eigenvalue weighted by Crippen LogP contribution is -2.20. The Balaban J connectivity index is 2.56. The summed E-state index contributed by atoms with van der Waals surface area (Å²) in [5.41, 5.74) is 8.38. The quantitative estimate of drug-likeness (QED) is 0.835. The maximum Gasteiger partial charge on any atom is 0.124 e. The van der Waals surface area contributed by atoms with Gasteiger partial charge in [-0.05, 0) is 12.1 Å². The maximum absolute atomic E-state index is 6.09. The normalized spacial score (nSPS) is 19.5. The van der Waals surface area contributed by atoms with Crippen LogP contribution < -0.4 is 15.2 Å². The molecule has 82 valence electrons. The average Bonchev–Trinajstić information content (AvgIpc) is 2.28. The molecule has 0 saturated carbocycles. The van der Waals surface area contributed by atoms with Gasteiger partial charge in [-0.3, -0.25) is 0 Å². The molecule has 0 aromatic heterocycles. The predicted molar refractivity (Wildman–Crippen MR) is 62.6 cm³/mol. The van der Waals surface area contributed by atoms with Gasteiger partial charge in [0.2, 0.25) is 0 Å². The van der Waals surface area contributed by atoms with Crippen molar-refractivity contribution in [3.05, 3.63) is 23.3 Å². The Morgan fingerprint density at radius 2 is 1.93 bits per heavy atom. The van der Waals surface area contributed by atoms with Crippen molar-refractivity contribution in [2.75, 3.05) is 20.0 Å². The van der Waals surface area contributed by atoms with Crippen molar-refractivity contribution in [1.82, 2.24) is 0 Å². The third-order valence-corrected chi connectivity index (χ3v) is 3.72. The van der Waals surface area contributed by atoms with E-state index in [9.17, 15) is 0 Å². The highest BCUT2D eigenvalue weighted by atomic mass is 32.2. The number of ether oxygens (including phenoxy) is 2. The van der Waals surface area contributed by atoms with Crippen molar-refractivity contribution in [2.24, 2.45) is 5.73 Å². The number of benzene rings is 1. The Morgan fingerprint density at radius 1 is 1.27 bits per heavy atom. The standard InChI is InChI=1S/C11H15NO2S/c1-13-9-3-4-10(14-2)11-7(9)5-15-6-8(11)12/h3-4,8H,5-6,12H2,1-2H3/t8-/m0/s1. The molecule has 1 heterocycles. The predicted octanol–water partition coefficient (Wildman–Crippen LogP) is 1.95. The van der Waals surface area contributed by atoms with Crippen LogP contribution >= 0.6 is 11.8 Å². The van der Waals surface area contributed by atoms with E-state index in [1.165, 1.54) is 5.56 Å². The van der Waals surface area contributed by atoms with Crippen molar-refractivity contribution in [1.29, 1.82) is 0 Å². The van der Waals surface area contributed by atoms with Crippen LogP contribution in [0.4, 0.5) is 0 Å². The zero-order valence-corrected chi connectivity index (χ0v) is 9.76. The van der Waals surface area contributed by atoms with Gasteiger partial charge in [0, 0.05) is 28.7 Å². The van der Waals surface area contributed by atoms with Gasteiger partial charge < -0.3 is 15.2 Å². The van der Waals surface area contributed by atoms with E-state index in [2.05, 4.69) is 0 Å². The van der Waals surface area contributed by atoms with Gasteiger partial charge in [0.25, 0.3) is 0 Å². The highest BCUT2D eigenvalue weighted by molar-refractivity contribution is 7.98. The first-order valence-corrected chi connectivity index (χ1v) is 6.00. The second kappa shape index (κ2) is 4.33. The molecule has 2 rings (SSSR count). The molecule has 1 aliphatic heterocycles. The molecular weight excluding hydrogens is 210 g/mol. The van der Waals surface area contributed by atoms with E-state index in [1.54, 1.807) is 14.2 Å². The highest BCUT2D eigenvalue weighted by Crippen LogP contribution is 2.41. The fraction of sp³-hybridized carbons (Fsp3) is 0.455. The molecule has 0 unspecified atom stereocenters. The molecule has 0 radical (unpaired) electrons. The second-order valence-corrected chi connectivity index (χ2v) is 4.51. The summed E-state index contributed by atoms with van der Waals surface area (Å²) in [5.74, 6) is 3.67. The fourth-order valence-corrected chi connectivity index (χ4v) is 2.96. The van der Waals surface area contributed by atoms with Gasteiger partial charge in [0.1, 0.15) is 11.5 Å². The highest BCUT2D eigenvalue weighted by Gasteiger charge is 2.24. The molecule has 0 aliphatic carbocycles.